The Bertz CT molecular complexity index is 140. The van der Waals surface area contributed by atoms with Crippen molar-refractivity contribution in [2.24, 2.45) is 5.92 Å². The quantitative estimate of drug-likeness (QED) is 0.556. The highest BCUT2D eigenvalue weighted by molar-refractivity contribution is 4.91. The molecule has 0 radical (unpaired) electrons. The molecule has 1 fully saturated rings. The number of ether oxygens (including phenoxy) is 1. The predicted octanol–water partition coefficient (Wildman–Crippen LogP) is 2.77. The molecule has 2 atom stereocenters. The molecule has 0 unspecified atom stereocenters. The second-order valence-corrected chi connectivity index (χ2v) is 3.78. The van der Waals surface area contributed by atoms with E-state index in [4.69, 9.17) is 4.74 Å². The van der Waals surface area contributed by atoms with E-state index in [2.05, 4.69) is 20.4 Å². The van der Waals surface area contributed by atoms with Crippen LogP contribution >= 0.6 is 0 Å². The third-order valence-electron chi connectivity index (χ3n) is 2.21. The minimum atomic E-state index is 0.455. The van der Waals surface area contributed by atoms with Crippen molar-refractivity contribution in [2.45, 2.75) is 39.2 Å². The minimum absolute atomic E-state index is 0.455. The largest absolute Gasteiger partial charge is 0.378 e. The van der Waals surface area contributed by atoms with Gasteiger partial charge in [-0.2, -0.15) is 0 Å². The summed E-state index contributed by atoms with van der Waals surface area (Å²) in [6.07, 6.45) is 3.94. The van der Waals surface area contributed by atoms with Crippen LogP contribution in [-0.4, -0.2) is 12.7 Å². The van der Waals surface area contributed by atoms with Crippen LogP contribution in [0.5, 0.6) is 0 Å². The molecular formula is C10H18O. The van der Waals surface area contributed by atoms with E-state index in [9.17, 15) is 0 Å². The molecule has 11 heavy (non-hydrogen) atoms. The van der Waals surface area contributed by atoms with Gasteiger partial charge in [0.25, 0.3) is 0 Å². The van der Waals surface area contributed by atoms with Gasteiger partial charge in [0.2, 0.25) is 0 Å². The van der Waals surface area contributed by atoms with Gasteiger partial charge in [0, 0.05) is 6.61 Å². The average molecular weight is 154 g/mol. The smallest absolute Gasteiger partial charge is 0.0614 e. The Balaban J connectivity index is 2.28. The monoisotopic (exact) mass is 154 g/mol. The highest BCUT2D eigenvalue weighted by Gasteiger charge is 2.18. The molecule has 0 aromatic rings. The zero-order valence-electron chi connectivity index (χ0n) is 7.60. The summed E-state index contributed by atoms with van der Waals surface area (Å²) in [7, 11) is 0. The molecule has 64 valence electrons. The van der Waals surface area contributed by atoms with Gasteiger partial charge in [-0.1, -0.05) is 12.5 Å². The van der Waals surface area contributed by atoms with Crippen LogP contribution < -0.4 is 0 Å². The van der Waals surface area contributed by atoms with Crippen LogP contribution in [0.4, 0.5) is 0 Å². The molecule has 0 spiro atoms. The highest BCUT2D eigenvalue weighted by atomic mass is 16.5. The lowest BCUT2D eigenvalue weighted by Crippen LogP contribution is -2.24. The lowest BCUT2D eigenvalue weighted by molar-refractivity contribution is -0.00398. The van der Waals surface area contributed by atoms with Gasteiger partial charge in [0.15, 0.2) is 0 Å². The van der Waals surface area contributed by atoms with Crippen molar-refractivity contribution >= 4 is 0 Å². The molecule has 0 amide bonds. The van der Waals surface area contributed by atoms with Crippen LogP contribution in [0.3, 0.4) is 0 Å². The first-order valence-electron chi connectivity index (χ1n) is 4.44. The van der Waals surface area contributed by atoms with E-state index in [0.29, 0.717) is 6.10 Å². The van der Waals surface area contributed by atoms with E-state index in [1.165, 1.54) is 18.4 Å². The molecule has 1 saturated heterocycles. The van der Waals surface area contributed by atoms with Gasteiger partial charge in [-0.15, -0.1) is 6.58 Å². The van der Waals surface area contributed by atoms with Crippen LogP contribution in [0, 0.1) is 5.92 Å². The molecule has 0 bridgehead atoms. The second-order valence-electron chi connectivity index (χ2n) is 3.78. The number of hydrogen-bond acceptors (Lipinski definition) is 1. The summed E-state index contributed by atoms with van der Waals surface area (Å²) < 4.78 is 5.60. The summed E-state index contributed by atoms with van der Waals surface area (Å²) >= 11 is 0. The zero-order chi connectivity index (χ0) is 8.27. The zero-order valence-corrected chi connectivity index (χ0v) is 7.60. The molecule has 0 saturated carbocycles. The average Bonchev–Trinajstić information content (AvgIpc) is 1.85. The van der Waals surface area contributed by atoms with Crippen molar-refractivity contribution in [1.82, 2.24) is 0 Å². The molecule has 1 aliphatic rings. The van der Waals surface area contributed by atoms with E-state index in [0.717, 1.165) is 18.9 Å². The molecule has 1 heterocycles. The SMILES string of the molecule is C=C(C)C[C@H]1C[C@H](C)CCO1. The molecule has 1 heteroatoms. The summed E-state index contributed by atoms with van der Waals surface area (Å²) in [4.78, 5) is 0. The van der Waals surface area contributed by atoms with Crippen molar-refractivity contribution in [3.8, 4) is 0 Å². The van der Waals surface area contributed by atoms with Gasteiger partial charge in [0.1, 0.15) is 0 Å². The lowest BCUT2D eigenvalue weighted by atomic mass is 9.94. The maximum atomic E-state index is 5.60. The van der Waals surface area contributed by atoms with Gasteiger partial charge >= 0.3 is 0 Å². The van der Waals surface area contributed by atoms with Gasteiger partial charge in [0.05, 0.1) is 6.10 Å². The Labute approximate surface area is 69.4 Å². The topological polar surface area (TPSA) is 9.23 Å². The molecule has 0 aromatic carbocycles. The standard InChI is InChI=1S/C10H18O/c1-8(2)6-10-7-9(3)4-5-11-10/h9-10H,1,4-7H2,2-3H3/t9-,10+/m1/s1. The maximum absolute atomic E-state index is 5.60. The highest BCUT2D eigenvalue weighted by Crippen LogP contribution is 2.23. The van der Waals surface area contributed by atoms with Crippen molar-refractivity contribution < 1.29 is 4.74 Å². The Morgan fingerprint density at radius 2 is 2.36 bits per heavy atom. The molecule has 1 nitrogen and oxygen atoms in total. The number of rotatable bonds is 2. The van der Waals surface area contributed by atoms with Gasteiger partial charge in [-0.3, -0.25) is 0 Å². The van der Waals surface area contributed by atoms with Crippen LogP contribution in [0.1, 0.15) is 33.1 Å². The van der Waals surface area contributed by atoms with Crippen LogP contribution in [0.15, 0.2) is 12.2 Å². The molecule has 1 aliphatic heterocycles. The fraction of sp³-hybridized carbons (Fsp3) is 0.800. The van der Waals surface area contributed by atoms with E-state index in [1.54, 1.807) is 0 Å². The van der Waals surface area contributed by atoms with Crippen molar-refractivity contribution in [1.29, 1.82) is 0 Å². The predicted molar refractivity (Wildman–Crippen MR) is 47.6 cm³/mol. The third kappa shape index (κ3) is 3.06. The Hall–Kier alpha value is -0.300. The first kappa shape index (κ1) is 8.79. The summed E-state index contributed by atoms with van der Waals surface area (Å²) in [5, 5.41) is 0. The van der Waals surface area contributed by atoms with Gasteiger partial charge in [-0.05, 0) is 32.1 Å². The summed E-state index contributed by atoms with van der Waals surface area (Å²) in [5.74, 6) is 0.841. The molecule has 1 rings (SSSR count). The summed E-state index contributed by atoms with van der Waals surface area (Å²) in [6, 6.07) is 0. The number of hydrogen-bond donors (Lipinski definition) is 0. The van der Waals surface area contributed by atoms with E-state index in [1.807, 2.05) is 0 Å². The Morgan fingerprint density at radius 3 is 2.91 bits per heavy atom. The van der Waals surface area contributed by atoms with Crippen molar-refractivity contribution in [3.63, 3.8) is 0 Å². The van der Waals surface area contributed by atoms with E-state index >= 15 is 0 Å². The molecular weight excluding hydrogens is 136 g/mol. The molecule has 0 aliphatic carbocycles. The fourth-order valence-electron chi connectivity index (χ4n) is 1.60. The van der Waals surface area contributed by atoms with E-state index < -0.39 is 0 Å². The summed E-state index contributed by atoms with van der Waals surface area (Å²) in [5.41, 5.74) is 1.24. The third-order valence-corrected chi connectivity index (χ3v) is 2.21. The summed E-state index contributed by atoms with van der Waals surface area (Å²) in [6.45, 7) is 9.21. The molecule has 0 N–H and O–H groups in total. The first-order chi connectivity index (χ1) is 5.18. The van der Waals surface area contributed by atoms with Gasteiger partial charge < -0.3 is 4.74 Å². The Kier molecular flexibility index (Phi) is 3.13. The van der Waals surface area contributed by atoms with Crippen molar-refractivity contribution in [2.75, 3.05) is 6.61 Å². The normalized spacial score (nSPS) is 31.8. The second kappa shape index (κ2) is 3.91. The lowest BCUT2D eigenvalue weighted by Gasteiger charge is -2.27. The van der Waals surface area contributed by atoms with Crippen LogP contribution in [0.25, 0.3) is 0 Å². The minimum Gasteiger partial charge on any atom is -0.378 e. The van der Waals surface area contributed by atoms with Gasteiger partial charge in [-0.25, -0.2) is 0 Å². The van der Waals surface area contributed by atoms with Crippen LogP contribution in [-0.2, 0) is 4.74 Å². The Morgan fingerprint density at radius 1 is 1.64 bits per heavy atom. The maximum Gasteiger partial charge on any atom is 0.0614 e. The van der Waals surface area contributed by atoms with Crippen LogP contribution in [0.2, 0.25) is 0 Å². The molecule has 0 aromatic heterocycles. The van der Waals surface area contributed by atoms with E-state index in [-0.39, 0.29) is 0 Å². The fourth-order valence-corrected chi connectivity index (χ4v) is 1.60. The first-order valence-corrected chi connectivity index (χ1v) is 4.44. The van der Waals surface area contributed by atoms with Crippen molar-refractivity contribution in [3.05, 3.63) is 12.2 Å².